The molecule has 0 aliphatic carbocycles. The molecule has 0 saturated heterocycles. The SMILES string of the molecule is CC(I)CC(c1cc(O)c(O)c(O)c1)C(C)C. The zero-order chi connectivity index (χ0) is 13.2. The van der Waals surface area contributed by atoms with Gasteiger partial charge in [0.05, 0.1) is 0 Å². The van der Waals surface area contributed by atoms with Gasteiger partial charge in [0, 0.05) is 3.92 Å². The largest absolute Gasteiger partial charge is 0.504 e. The van der Waals surface area contributed by atoms with Gasteiger partial charge in [-0.3, -0.25) is 0 Å². The molecule has 2 unspecified atom stereocenters. The van der Waals surface area contributed by atoms with Crippen LogP contribution in [0.15, 0.2) is 12.1 Å². The lowest BCUT2D eigenvalue weighted by Gasteiger charge is -2.23. The van der Waals surface area contributed by atoms with Crippen molar-refractivity contribution in [2.45, 2.75) is 37.0 Å². The van der Waals surface area contributed by atoms with E-state index in [0.717, 1.165) is 12.0 Å². The van der Waals surface area contributed by atoms with Crippen LogP contribution in [0.1, 0.15) is 38.7 Å². The first-order valence-corrected chi connectivity index (χ1v) is 6.96. The van der Waals surface area contributed by atoms with Crippen molar-refractivity contribution >= 4 is 22.6 Å². The lowest BCUT2D eigenvalue weighted by molar-refractivity contribution is 0.364. The van der Waals surface area contributed by atoms with E-state index in [-0.39, 0.29) is 17.4 Å². The molecule has 4 heteroatoms. The molecule has 0 spiro atoms. The molecule has 0 fully saturated rings. The molecule has 1 aromatic rings. The number of halogens is 1. The average molecular weight is 350 g/mol. The summed E-state index contributed by atoms with van der Waals surface area (Å²) in [6.45, 7) is 6.37. The van der Waals surface area contributed by atoms with Crippen LogP contribution < -0.4 is 0 Å². The number of hydrogen-bond acceptors (Lipinski definition) is 3. The topological polar surface area (TPSA) is 60.7 Å². The van der Waals surface area contributed by atoms with Crippen LogP contribution in [-0.2, 0) is 0 Å². The average Bonchev–Trinajstić information content (AvgIpc) is 2.21. The maximum atomic E-state index is 9.53. The van der Waals surface area contributed by atoms with Crippen molar-refractivity contribution < 1.29 is 15.3 Å². The van der Waals surface area contributed by atoms with Gasteiger partial charge in [-0.15, -0.1) is 0 Å². The summed E-state index contributed by atoms with van der Waals surface area (Å²) in [5.74, 6) is -0.285. The Kier molecular flexibility index (Phi) is 4.91. The quantitative estimate of drug-likeness (QED) is 0.440. The van der Waals surface area contributed by atoms with Crippen molar-refractivity contribution in [3.63, 3.8) is 0 Å². The van der Waals surface area contributed by atoms with E-state index in [2.05, 4.69) is 43.4 Å². The lowest BCUT2D eigenvalue weighted by atomic mass is 9.84. The molecule has 0 bridgehead atoms. The van der Waals surface area contributed by atoms with E-state index in [9.17, 15) is 15.3 Å². The summed E-state index contributed by atoms with van der Waals surface area (Å²) in [5.41, 5.74) is 0.872. The first-order valence-electron chi connectivity index (χ1n) is 5.71. The van der Waals surface area contributed by atoms with Gasteiger partial charge in [0.25, 0.3) is 0 Å². The zero-order valence-electron chi connectivity index (χ0n) is 10.3. The van der Waals surface area contributed by atoms with E-state index in [1.807, 2.05) is 0 Å². The van der Waals surface area contributed by atoms with Crippen LogP contribution in [0.3, 0.4) is 0 Å². The zero-order valence-corrected chi connectivity index (χ0v) is 12.5. The second-order valence-corrected chi connectivity index (χ2v) is 6.90. The maximum absolute atomic E-state index is 9.53. The fourth-order valence-electron chi connectivity index (χ4n) is 1.98. The third-order valence-electron chi connectivity index (χ3n) is 2.90. The highest BCUT2D eigenvalue weighted by Gasteiger charge is 2.20. The van der Waals surface area contributed by atoms with Gasteiger partial charge in [0.15, 0.2) is 17.2 Å². The van der Waals surface area contributed by atoms with Gasteiger partial charge in [0.2, 0.25) is 0 Å². The van der Waals surface area contributed by atoms with E-state index in [1.165, 1.54) is 0 Å². The summed E-state index contributed by atoms with van der Waals surface area (Å²) in [6, 6.07) is 3.08. The summed E-state index contributed by atoms with van der Waals surface area (Å²) in [5, 5.41) is 28.4. The Morgan fingerprint density at radius 1 is 1.06 bits per heavy atom. The summed E-state index contributed by atoms with van der Waals surface area (Å²) < 4.78 is 0.512. The summed E-state index contributed by atoms with van der Waals surface area (Å²) in [7, 11) is 0. The first-order chi connectivity index (χ1) is 7.82. The number of alkyl halides is 1. The van der Waals surface area contributed by atoms with Gasteiger partial charge in [-0.05, 0) is 36.0 Å². The maximum Gasteiger partial charge on any atom is 0.200 e. The van der Waals surface area contributed by atoms with Gasteiger partial charge in [-0.2, -0.15) is 0 Å². The fraction of sp³-hybridized carbons (Fsp3) is 0.538. The minimum Gasteiger partial charge on any atom is -0.504 e. The molecule has 1 rings (SSSR count). The molecule has 0 saturated carbocycles. The predicted octanol–water partition coefficient (Wildman–Crippen LogP) is 3.76. The molecule has 96 valence electrons. The smallest absolute Gasteiger partial charge is 0.200 e. The van der Waals surface area contributed by atoms with Gasteiger partial charge < -0.3 is 15.3 Å². The van der Waals surface area contributed by atoms with Crippen LogP contribution in [0, 0.1) is 5.92 Å². The van der Waals surface area contributed by atoms with Crippen LogP contribution in [0.2, 0.25) is 0 Å². The van der Waals surface area contributed by atoms with Crippen LogP contribution in [0.25, 0.3) is 0 Å². The Bertz CT molecular complexity index is 365. The second-order valence-electron chi connectivity index (χ2n) is 4.77. The third kappa shape index (κ3) is 3.66. The van der Waals surface area contributed by atoms with Crippen molar-refractivity contribution in [3.8, 4) is 17.2 Å². The number of phenolic OH excluding ortho intramolecular Hbond substituents is 3. The standard InChI is InChI=1S/C13H19IO3/c1-7(2)10(4-8(3)14)9-5-11(15)13(17)12(16)6-9/h5-8,10,15-17H,4H2,1-3H3. The Hall–Kier alpha value is -0.650. The summed E-state index contributed by atoms with van der Waals surface area (Å²) in [4.78, 5) is 0. The van der Waals surface area contributed by atoms with E-state index >= 15 is 0 Å². The molecular formula is C13H19IO3. The van der Waals surface area contributed by atoms with Crippen LogP contribution in [-0.4, -0.2) is 19.2 Å². The number of rotatable bonds is 4. The second kappa shape index (κ2) is 5.80. The van der Waals surface area contributed by atoms with Crippen LogP contribution >= 0.6 is 22.6 Å². The Balaban J connectivity index is 3.10. The molecule has 1 aromatic carbocycles. The van der Waals surface area contributed by atoms with Gasteiger partial charge in [0.1, 0.15) is 0 Å². The summed E-state index contributed by atoms with van der Waals surface area (Å²) in [6.07, 6.45) is 0.974. The van der Waals surface area contributed by atoms with Gasteiger partial charge in [-0.1, -0.05) is 43.4 Å². The highest BCUT2D eigenvalue weighted by Crippen LogP contribution is 2.40. The Morgan fingerprint density at radius 3 is 1.88 bits per heavy atom. The number of benzene rings is 1. The van der Waals surface area contributed by atoms with E-state index in [1.54, 1.807) is 12.1 Å². The minimum atomic E-state index is -0.446. The highest BCUT2D eigenvalue weighted by atomic mass is 127. The molecule has 0 heterocycles. The van der Waals surface area contributed by atoms with Crippen molar-refractivity contribution in [3.05, 3.63) is 17.7 Å². The molecule has 0 aliphatic heterocycles. The van der Waals surface area contributed by atoms with Crippen LogP contribution in [0.4, 0.5) is 0 Å². The fourth-order valence-corrected chi connectivity index (χ4v) is 2.53. The monoisotopic (exact) mass is 350 g/mol. The van der Waals surface area contributed by atoms with Crippen molar-refractivity contribution in [1.29, 1.82) is 0 Å². The Labute approximate surface area is 116 Å². The molecule has 3 nitrogen and oxygen atoms in total. The number of phenols is 3. The molecule has 0 radical (unpaired) electrons. The molecule has 0 aliphatic rings. The van der Waals surface area contributed by atoms with Crippen LogP contribution in [0.5, 0.6) is 17.2 Å². The molecule has 0 amide bonds. The predicted molar refractivity (Wildman–Crippen MR) is 77.1 cm³/mol. The molecule has 17 heavy (non-hydrogen) atoms. The lowest BCUT2D eigenvalue weighted by Crippen LogP contribution is -2.10. The minimum absolute atomic E-state index is 0.258. The molecule has 2 atom stereocenters. The van der Waals surface area contributed by atoms with Crippen molar-refractivity contribution in [2.75, 3.05) is 0 Å². The normalized spacial score (nSPS) is 14.9. The Morgan fingerprint density at radius 2 is 1.53 bits per heavy atom. The van der Waals surface area contributed by atoms with Gasteiger partial charge >= 0.3 is 0 Å². The number of aromatic hydroxyl groups is 3. The highest BCUT2D eigenvalue weighted by molar-refractivity contribution is 14.1. The first kappa shape index (κ1) is 14.4. The van der Waals surface area contributed by atoms with Crippen molar-refractivity contribution in [1.82, 2.24) is 0 Å². The molecule has 3 N–H and O–H groups in total. The summed E-state index contributed by atoms with van der Waals surface area (Å²) >= 11 is 2.37. The van der Waals surface area contributed by atoms with Gasteiger partial charge in [-0.25, -0.2) is 0 Å². The van der Waals surface area contributed by atoms with E-state index < -0.39 is 5.75 Å². The molecule has 0 aromatic heterocycles. The van der Waals surface area contributed by atoms with E-state index in [4.69, 9.17) is 0 Å². The molecular weight excluding hydrogens is 331 g/mol. The van der Waals surface area contributed by atoms with E-state index in [0.29, 0.717) is 9.84 Å². The van der Waals surface area contributed by atoms with Crippen molar-refractivity contribution in [2.24, 2.45) is 5.92 Å². The number of hydrogen-bond donors (Lipinski definition) is 3. The third-order valence-corrected chi connectivity index (χ3v) is 3.41.